The summed E-state index contributed by atoms with van der Waals surface area (Å²) >= 11 is 5.69. The van der Waals surface area contributed by atoms with Gasteiger partial charge in [-0.2, -0.15) is 0 Å². The fraction of sp³-hybridized carbons (Fsp3) is 0.455. The molecule has 16 heavy (non-hydrogen) atoms. The molecule has 0 aliphatic carbocycles. The molecule has 1 aliphatic heterocycles. The predicted molar refractivity (Wildman–Crippen MR) is 64.8 cm³/mol. The number of halogens is 3. The third kappa shape index (κ3) is 2.66. The lowest BCUT2D eigenvalue weighted by Gasteiger charge is -2.17. The van der Waals surface area contributed by atoms with E-state index in [1.54, 1.807) is 12.1 Å². The summed E-state index contributed by atoms with van der Waals surface area (Å²) in [5.74, 6) is -0.136. The van der Waals surface area contributed by atoms with E-state index in [0.717, 1.165) is 6.54 Å². The molecule has 2 unspecified atom stereocenters. The highest BCUT2D eigenvalue weighted by Gasteiger charge is 2.29. The monoisotopic (exact) mass is 265 g/mol. The third-order valence-corrected chi connectivity index (χ3v) is 3.17. The Hall–Kier alpha value is -0.350. The van der Waals surface area contributed by atoms with Crippen molar-refractivity contribution in [2.24, 2.45) is 5.92 Å². The van der Waals surface area contributed by atoms with Crippen LogP contribution in [0.4, 0.5) is 4.39 Å². The molecule has 2 atom stereocenters. The first kappa shape index (κ1) is 13.7. The molecule has 1 heterocycles. The Labute approximate surface area is 105 Å². The second-order valence-corrected chi connectivity index (χ2v) is 4.31. The van der Waals surface area contributed by atoms with Crippen LogP contribution in [0.3, 0.4) is 0 Å². The first-order chi connectivity index (χ1) is 7.22. The van der Waals surface area contributed by atoms with Crippen molar-refractivity contribution in [1.82, 2.24) is 5.32 Å². The molecule has 5 heteroatoms. The summed E-state index contributed by atoms with van der Waals surface area (Å²) in [7, 11) is 0. The highest BCUT2D eigenvalue weighted by Crippen LogP contribution is 2.30. The molecule has 0 spiro atoms. The second-order valence-electron chi connectivity index (χ2n) is 3.87. The number of nitrogens with one attached hydrogen (secondary N) is 1. The summed E-state index contributed by atoms with van der Waals surface area (Å²) in [4.78, 5) is 0. The number of rotatable bonds is 2. The number of aliphatic hydroxyl groups excluding tert-OH is 1. The molecule has 0 saturated carbocycles. The summed E-state index contributed by atoms with van der Waals surface area (Å²) in [6.07, 6.45) is 0. The summed E-state index contributed by atoms with van der Waals surface area (Å²) in [6, 6.07) is 4.72. The molecule has 0 bridgehead atoms. The van der Waals surface area contributed by atoms with E-state index < -0.39 is 0 Å². The second kappa shape index (κ2) is 5.82. The quantitative estimate of drug-likeness (QED) is 0.860. The lowest BCUT2D eigenvalue weighted by Crippen LogP contribution is -2.15. The largest absolute Gasteiger partial charge is 0.396 e. The van der Waals surface area contributed by atoms with Crippen LogP contribution >= 0.6 is 24.0 Å². The third-order valence-electron chi connectivity index (χ3n) is 2.94. The van der Waals surface area contributed by atoms with E-state index >= 15 is 0 Å². The molecule has 2 N–H and O–H groups in total. The van der Waals surface area contributed by atoms with Gasteiger partial charge in [-0.05, 0) is 17.7 Å². The van der Waals surface area contributed by atoms with Crippen molar-refractivity contribution >= 4 is 24.0 Å². The van der Waals surface area contributed by atoms with Crippen LogP contribution in [0, 0.1) is 11.7 Å². The van der Waals surface area contributed by atoms with Crippen LogP contribution in [-0.4, -0.2) is 24.8 Å². The van der Waals surface area contributed by atoms with Crippen molar-refractivity contribution in [2.45, 2.75) is 5.92 Å². The van der Waals surface area contributed by atoms with Crippen LogP contribution in [0.15, 0.2) is 18.2 Å². The molecular weight excluding hydrogens is 252 g/mol. The molecular formula is C11H14Cl2FNO. The van der Waals surface area contributed by atoms with E-state index in [1.165, 1.54) is 6.07 Å². The number of hydrogen-bond acceptors (Lipinski definition) is 2. The highest BCUT2D eigenvalue weighted by molar-refractivity contribution is 6.30. The van der Waals surface area contributed by atoms with Crippen molar-refractivity contribution in [2.75, 3.05) is 19.7 Å². The summed E-state index contributed by atoms with van der Waals surface area (Å²) < 4.78 is 13.6. The molecule has 0 aromatic heterocycles. The van der Waals surface area contributed by atoms with Gasteiger partial charge in [-0.3, -0.25) is 0 Å². The molecule has 1 aromatic carbocycles. The van der Waals surface area contributed by atoms with E-state index in [0.29, 0.717) is 17.1 Å². The maximum atomic E-state index is 13.6. The summed E-state index contributed by atoms with van der Waals surface area (Å²) in [5, 5.41) is 12.7. The first-order valence-electron chi connectivity index (χ1n) is 4.99. The Balaban J connectivity index is 0.00000128. The summed E-state index contributed by atoms with van der Waals surface area (Å²) in [6.45, 7) is 1.53. The molecule has 1 aliphatic rings. The Morgan fingerprint density at radius 3 is 2.81 bits per heavy atom. The lowest BCUT2D eigenvalue weighted by molar-refractivity contribution is 0.225. The van der Waals surface area contributed by atoms with Gasteiger partial charge in [0.2, 0.25) is 0 Å². The number of hydrogen-bond donors (Lipinski definition) is 2. The molecule has 1 fully saturated rings. The first-order valence-corrected chi connectivity index (χ1v) is 5.36. The van der Waals surface area contributed by atoms with Crippen LogP contribution in [0.25, 0.3) is 0 Å². The molecule has 0 radical (unpaired) electrons. The van der Waals surface area contributed by atoms with Crippen LogP contribution in [-0.2, 0) is 0 Å². The Morgan fingerprint density at radius 1 is 1.44 bits per heavy atom. The molecule has 1 saturated heterocycles. The molecule has 2 nitrogen and oxygen atoms in total. The maximum absolute atomic E-state index is 13.6. The van der Waals surface area contributed by atoms with E-state index in [4.69, 9.17) is 16.7 Å². The SMILES string of the molecule is Cl.OCC1CNCC1c1ccc(Cl)cc1F. The smallest absolute Gasteiger partial charge is 0.128 e. The van der Waals surface area contributed by atoms with Crippen LogP contribution in [0.1, 0.15) is 11.5 Å². The fourth-order valence-electron chi connectivity index (χ4n) is 2.09. The van der Waals surface area contributed by atoms with Crippen molar-refractivity contribution in [3.63, 3.8) is 0 Å². The minimum absolute atomic E-state index is 0. The van der Waals surface area contributed by atoms with Gasteiger partial charge in [0.25, 0.3) is 0 Å². The molecule has 0 amide bonds. The summed E-state index contributed by atoms with van der Waals surface area (Å²) in [5.41, 5.74) is 0.642. The molecule has 90 valence electrons. The molecule has 1 aromatic rings. The Morgan fingerprint density at radius 2 is 2.19 bits per heavy atom. The van der Waals surface area contributed by atoms with Crippen molar-refractivity contribution < 1.29 is 9.50 Å². The van der Waals surface area contributed by atoms with Gasteiger partial charge in [-0.15, -0.1) is 12.4 Å². The van der Waals surface area contributed by atoms with Crippen molar-refractivity contribution in [3.05, 3.63) is 34.6 Å². The van der Waals surface area contributed by atoms with Crippen LogP contribution in [0.5, 0.6) is 0 Å². The highest BCUT2D eigenvalue weighted by atomic mass is 35.5. The maximum Gasteiger partial charge on any atom is 0.128 e. The average molecular weight is 266 g/mol. The van der Waals surface area contributed by atoms with Gasteiger partial charge in [0.15, 0.2) is 0 Å². The standard InChI is InChI=1S/C11H13ClFNO.ClH/c12-8-1-2-9(11(13)3-8)10-5-14-4-7(10)6-15;/h1-3,7,10,14-15H,4-6H2;1H. The van der Waals surface area contributed by atoms with Gasteiger partial charge in [0.05, 0.1) is 0 Å². The topological polar surface area (TPSA) is 32.3 Å². The predicted octanol–water partition coefficient (Wildman–Crippen LogP) is 2.20. The van der Waals surface area contributed by atoms with Crippen LogP contribution in [0.2, 0.25) is 5.02 Å². The zero-order valence-electron chi connectivity index (χ0n) is 8.62. The van der Waals surface area contributed by atoms with Crippen LogP contribution < -0.4 is 5.32 Å². The normalized spacial score (nSPS) is 24.2. The fourth-order valence-corrected chi connectivity index (χ4v) is 2.25. The van der Waals surface area contributed by atoms with E-state index in [2.05, 4.69) is 5.32 Å². The molecule has 2 rings (SSSR count). The number of aliphatic hydroxyl groups is 1. The Bertz CT molecular complexity index is 362. The van der Waals surface area contributed by atoms with Gasteiger partial charge in [0.1, 0.15) is 5.82 Å². The van der Waals surface area contributed by atoms with Gasteiger partial charge in [0, 0.05) is 36.6 Å². The van der Waals surface area contributed by atoms with Crippen molar-refractivity contribution in [1.29, 1.82) is 0 Å². The van der Waals surface area contributed by atoms with Crippen molar-refractivity contribution in [3.8, 4) is 0 Å². The zero-order valence-corrected chi connectivity index (χ0v) is 10.2. The Kier molecular flexibility index (Phi) is 4.99. The minimum atomic E-state index is -0.283. The van der Waals surface area contributed by atoms with Gasteiger partial charge < -0.3 is 10.4 Å². The van der Waals surface area contributed by atoms with Gasteiger partial charge >= 0.3 is 0 Å². The van der Waals surface area contributed by atoms with E-state index in [1.807, 2.05) is 0 Å². The number of benzene rings is 1. The van der Waals surface area contributed by atoms with Gasteiger partial charge in [-0.25, -0.2) is 4.39 Å². The van der Waals surface area contributed by atoms with E-state index in [-0.39, 0.29) is 36.7 Å². The lowest BCUT2D eigenvalue weighted by atomic mass is 9.89. The van der Waals surface area contributed by atoms with E-state index in [9.17, 15) is 4.39 Å². The minimum Gasteiger partial charge on any atom is -0.396 e. The zero-order chi connectivity index (χ0) is 10.8. The average Bonchev–Trinajstić information content (AvgIpc) is 2.65. The van der Waals surface area contributed by atoms with Gasteiger partial charge in [-0.1, -0.05) is 17.7 Å².